The molecule has 0 unspecified atom stereocenters. The SMILES string of the molecule is O=C(C=Cc1ccco1)Nc1sc2c(c1C(=O)NCCc1ccccc1)CCC2. The van der Waals surface area contributed by atoms with Crippen LogP contribution in [0, 0.1) is 0 Å². The van der Waals surface area contributed by atoms with E-state index in [0.29, 0.717) is 22.9 Å². The summed E-state index contributed by atoms with van der Waals surface area (Å²) in [6.45, 7) is 0.555. The van der Waals surface area contributed by atoms with Gasteiger partial charge in [-0.15, -0.1) is 11.3 Å². The number of thiophene rings is 1. The Morgan fingerprint density at radius 3 is 2.76 bits per heavy atom. The summed E-state index contributed by atoms with van der Waals surface area (Å²) in [5.41, 5.74) is 2.88. The smallest absolute Gasteiger partial charge is 0.254 e. The molecule has 2 N–H and O–H groups in total. The minimum Gasteiger partial charge on any atom is -0.465 e. The van der Waals surface area contributed by atoms with Crippen molar-refractivity contribution in [2.75, 3.05) is 11.9 Å². The summed E-state index contributed by atoms with van der Waals surface area (Å²) in [6.07, 6.45) is 8.24. The van der Waals surface area contributed by atoms with Gasteiger partial charge in [-0.25, -0.2) is 0 Å². The molecule has 148 valence electrons. The van der Waals surface area contributed by atoms with E-state index >= 15 is 0 Å². The van der Waals surface area contributed by atoms with E-state index in [1.54, 1.807) is 24.5 Å². The molecular weight excluding hydrogens is 384 g/mol. The molecule has 0 bridgehead atoms. The molecule has 0 spiro atoms. The van der Waals surface area contributed by atoms with Crippen molar-refractivity contribution in [3.05, 3.63) is 82.1 Å². The maximum atomic E-state index is 12.9. The third-order valence-corrected chi connectivity index (χ3v) is 6.08. The zero-order valence-electron chi connectivity index (χ0n) is 15.9. The van der Waals surface area contributed by atoms with E-state index in [1.807, 2.05) is 30.3 Å². The number of rotatable bonds is 7. The zero-order chi connectivity index (χ0) is 20.1. The number of carbonyl (C=O) groups is 2. The number of aryl methyl sites for hydroxylation is 1. The Kier molecular flexibility index (Phi) is 5.91. The standard InChI is InChI=1S/C23H22N2O3S/c26-20(12-11-17-8-5-15-28-17)25-23-21(18-9-4-10-19(18)29-23)22(27)24-14-13-16-6-2-1-3-7-16/h1-3,5-8,11-12,15H,4,9-10,13-14H2,(H,24,27)(H,25,26). The summed E-state index contributed by atoms with van der Waals surface area (Å²) in [4.78, 5) is 26.5. The van der Waals surface area contributed by atoms with Crippen molar-refractivity contribution in [3.63, 3.8) is 0 Å². The monoisotopic (exact) mass is 406 g/mol. The van der Waals surface area contributed by atoms with Gasteiger partial charge in [0.25, 0.3) is 5.91 Å². The van der Waals surface area contributed by atoms with Gasteiger partial charge in [0.15, 0.2) is 0 Å². The quantitative estimate of drug-likeness (QED) is 0.569. The average molecular weight is 407 g/mol. The van der Waals surface area contributed by atoms with Crippen molar-refractivity contribution in [2.45, 2.75) is 25.7 Å². The van der Waals surface area contributed by atoms with Crippen LogP contribution in [0.4, 0.5) is 5.00 Å². The summed E-state index contributed by atoms with van der Waals surface area (Å²) < 4.78 is 5.20. The molecule has 2 aromatic heterocycles. The molecule has 0 atom stereocenters. The lowest BCUT2D eigenvalue weighted by Gasteiger charge is -2.09. The molecule has 6 heteroatoms. The molecule has 4 rings (SSSR count). The van der Waals surface area contributed by atoms with Gasteiger partial charge in [0.1, 0.15) is 10.8 Å². The van der Waals surface area contributed by atoms with Gasteiger partial charge < -0.3 is 15.1 Å². The van der Waals surface area contributed by atoms with E-state index in [2.05, 4.69) is 10.6 Å². The van der Waals surface area contributed by atoms with Crippen LogP contribution in [0.15, 0.2) is 59.2 Å². The van der Waals surface area contributed by atoms with Crippen LogP contribution in [0.25, 0.3) is 6.08 Å². The largest absolute Gasteiger partial charge is 0.465 e. The van der Waals surface area contributed by atoms with E-state index in [9.17, 15) is 9.59 Å². The number of benzene rings is 1. The van der Waals surface area contributed by atoms with Crippen LogP contribution >= 0.6 is 11.3 Å². The highest BCUT2D eigenvalue weighted by Gasteiger charge is 2.27. The van der Waals surface area contributed by atoms with Crippen molar-refractivity contribution in [1.29, 1.82) is 0 Å². The van der Waals surface area contributed by atoms with Crippen LogP contribution in [-0.4, -0.2) is 18.4 Å². The van der Waals surface area contributed by atoms with Gasteiger partial charge in [0.2, 0.25) is 5.91 Å². The van der Waals surface area contributed by atoms with Crippen molar-refractivity contribution >= 4 is 34.2 Å². The molecule has 0 fully saturated rings. The first-order valence-electron chi connectivity index (χ1n) is 9.70. The highest BCUT2D eigenvalue weighted by atomic mass is 32.1. The lowest BCUT2D eigenvalue weighted by atomic mass is 10.1. The van der Waals surface area contributed by atoms with Crippen LogP contribution in [0.5, 0.6) is 0 Å². The lowest BCUT2D eigenvalue weighted by Crippen LogP contribution is -2.27. The first kappa shape index (κ1) is 19.2. The van der Waals surface area contributed by atoms with Gasteiger partial charge in [-0.1, -0.05) is 30.3 Å². The van der Waals surface area contributed by atoms with Crippen LogP contribution in [0.1, 0.15) is 38.5 Å². The second-order valence-electron chi connectivity index (χ2n) is 6.89. The molecule has 0 aliphatic heterocycles. The first-order chi connectivity index (χ1) is 14.2. The number of nitrogens with one attached hydrogen (secondary N) is 2. The first-order valence-corrected chi connectivity index (χ1v) is 10.5. The fourth-order valence-electron chi connectivity index (χ4n) is 3.48. The fourth-order valence-corrected chi connectivity index (χ4v) is 4.77. The van der Waals surface area contributed by atoms with Crippen LogP contribution in [0.2, 0.25) is 0 Å². The van der Waals surface area contributed by atoms with Gasteiger partial charge in [-0.3, -0.25) is 9.59 Å². The molecule has 1 aromatic carbocycles. The molecule has 2 amide bonds. The Hall–Kier alpha value is -3.12. The van der Waals surface area contributed by atoms with Crippen LogP contribution < -0.4 is 10.6 Å². The van der Waals surface area contributed by atoms with Gasteiger partial charge in [0, 0.05) is 17.5 Å². The molecule has 2 heterocycles. The summed E-state index contributed by atoms with van der Waals surface area (Å²) in [6, 6.07) is 13.6. The normalized spacial score (nSPS) is 12.8. The summed E-state index contributed by atoms with van der Waals surface area (Å²) in [5.74, 6) is 0.206. The second-order valence-corrected chi connectivity index (χ2v) is 8.00. The molecule has 1 aliphatic rings. The number of amides is 2. The molecule has 0 radical (unpaired) electrons. The highest BCUT2D eigenvalue weighted by molar-refractivity contribution is 7.17. The molecule has 5 nitrogen and oxygen atoms in total. The Labute approximate surface area is 173 Å². The van der Waals surface area contributed by atoms with E-state index in [-0.39, 0.29) is 11.8 Å². The number of hydrogen-bond acceptors (Lipinski definition) is 4. The maximum Gasteiger partial charge on any atom is 0.254 e. The Balaban J connectivity index is 1.44. The molecule has 29 heavy (non-hydrogen) atoms. The minimum absolute atomic E-state index is 0.120. The van der Waals surface area contributed by atoms with Crippen LogP contribution in [-0.2, 0) is 24.1 Å². The highest BCUT2D eigenvalue weighted by Crippen LogP contribution is 2.39. The Bertz CT molecular complexity index is 1020. The predicted molar refractivity (Wildman–Crippen MR) is 115 cm³/mol. The average Bonchev–Trinajstić information content (AvgIpc) is 3.45. The summed E-state index contributed by atoms with van der Waals surface area (Å²) >= 11 is 1.51. The molecule has 0 saturated carbocycles. The van der Waals surface area contributed by atoms with Crippen molar-refractivity contribution < 1.29 is 14.0 Å². The fraction of sp³-hybridized carbons (Fsp3) is 0.217. The van der Waals surface area contributed by atoms with E-state index in [1.165, 1.54) is 27.9 Å². The number of anilines is 1. The van der Waals surface area contributed by atoms with Crippen molar-refractivity contribution in [3.8, 4) is 0 Å². The number of carbonyl (C=O) groups excluding carboxylic acids is 2. The molecule has 0 saturated heterocycles. The van der Waals surface area contributed by atoms with Gasteiger partial charge >= 0.3 is 0 Å². The molecule has 3 aromatic rings. The maximum absolute atomic E-state index is 12.9. The topological polar surface area (TPSA) is 71.3 Å². The van der Waals surface area contributed by atoms with Crippen LogP contribution in [0.3, 0.4) is 0 Å². The Morgan fingerprint density at radius 1 is 1.10 bits per heavy atom. The number of furan rings is 1. The summed E-state index contributed by atoms with van der Waals surface area (Å²) in [5, 5.41) is 6.52. The van der Waals surface area contributed by atoms with E-state index in [0.717, 1.165) is 31.2 Å². The van der Waals surface area contributed by atoms with Crippen molar-refractivity contribution in [1.82, 2.24) is 5.32 Å². The molecule has 1 aliphatic carbocycles. The van der Waals surface area contributed by atoms with Gasteiger partial charge in [0.05, 0.1) is 11.8 Å². The summed E-state index contributed by atoms with van der Waals surface area (Å²) in [7, 11) is 0. The Morgan fingerprint density at radius 2 is 1.97 bits per heavy atom. The third-order valence-electron chi connectivity index (χ3n) is 4.87. The van der Waals surface area contributed by atoms with Gasteiger partial charge in [-0.2, -0.15) is 0 Å². The van der Waals surface area contributed by atoms with E-state index in [4.69, 9.17) is 4.42 Å². The second kappa shape index (κ2) is 8.92. The molecular formula is C23H22N2O3S. The van der Waals surface area contributed by atoms with E-state index < -0.39 is 0 Å². The third kappa shape index (κ3) is 4.66. The number of fused-ring (bicyclic) bond motifs is 1. The zero-order valence-corrected chi connectivity index (χ0v) is 16.8. The predicted octanol–water partition coefficient (Wildman–Crippen LogP) is 4.45. The number of hydrogen-bond donors (Lipinski definition) is 2. The minimum atomic E-state index is -0.278. The van der Waals surface area contributed by atoms with Crippen molar-refractivity contribution in [2.24, 2.45) is 0 Å². The van der Waals surface area contributed by atoms with Gasteiger partial charge in [-0.05, 0) is 55.0 Å². The lowest BCUT2D eigenvalue weighted by molar-refractivity contribution is -0.111.